The first-order valence-corrected chi connectivity index (χ1v) is 5.09. The van der Waals surface area contributed by atoms with E-state index in [4.69, 9.17) is 0 Å². The minimum atomic E-state index is -4.97. The lowest BCUT2D eigenvalue weighted by Crippen LogP contribution is -2.30. The molecule has 0 aliphatic heterocycles. The summed E-state index contributed by atoms with van der Waals surface area (Å²) in [6.07, 6.45) is -4.75. The van der Waals surface area contributed by atoms with E-state index < -0.39 is 12.1 Å². The Labute approximate surface area is 99.8 Å². The van der Waals surface area contributed by atoms with Crippen molar-refractivity contribution in [1.29, 1.82) is 0 Å². The summed E-state index contributed by atoms with van der Waals surface area (Å²) in [4.78, 5) is 21.8. The molecule has 94 valence electrons. The van der Waals surface area contributed by atoms with Gasteiger partial charge in [-0.05, 0) is 12.1 Å². The summed E-state index contributed by atoms with van der Waals surface area (Å²) in [6, 6.07) is 7.59. The second-order valence-electron chi connectivity index (χ2n) is 3.70. The number of aromatic nitrogens is 1. The van der Waals surface area contributed by atoms with E-state index in [1.54, 1.807) is 12.1 Å². The molecule has 0 radical (unpaired) electrons. The van der Waals surface area contributed by atoms with Crippen molar-refractivity contribution in [3.63, 3.8) is 0 Å². The van der Waals surface area contributed by atoms with Crippen molar-refractivity contribution in [2.45, 2.75) is 12.6 Å². The van der Waals surface area contributed by atoms with E-state index in [-0.39, 0.29) is 17.6 Å². The van der Waals surface area contributed by atoms with Gasteiger partial charge in [0.25, 0.3) is 0 Å². The Hall–Kier alpha value is -2.11. The lowest BCUT2D eigenvalue weighted by molar-refractivity contribution is -0.107. The number of nitrogens with zero attached hydrogens (tertiary/aromatic N) is 1. The average molecular weight is 255 g/mol. The quantitative estimate of drug-likeness (QED) is 0.774. The van der Waals surface area contributed by atoms with Crippen LogP contribution in [0.4, 0.5) is 13.2 Å². The van der Waals surface area contributed by atoms with Gasteiger partial charge in [0.2, 0.25) is 0 Å². The van der Waals surface area contributed by atoms with Crippen molar-refractivity contribution in [3.8, 4) is 0 Å². The molecule has 1 aromatic carbocycles. The van der Waals surface area contributed by atoms with Crippen LogP contribution in [0.25, 0.3) is 10.9 Å². The summed E-state index contributed by atoms with van der Waals surface area (Å²) in [5.41, 5.74) is 0.185. The number of benzene rings is 1. The maximum absolute atomic E-state index is 12.5. The molecule has 0 amide bonds. The number of alkyl halides is 3. The normalized spacial score (nSPS) is 11.7. The van der Waals surface area contributed by atoms with Gasteiger partial charge >= 0.3 is 12.1 Å². The summed E-state index contributed by atoms with van der Waals surface area (Å²) in [7, 11) is 0. The largest absolute Gasteiger partial charge is 0.472 e. The van der Waals surface area contributed by atoms with Crippen LogP contribution in [0.3, 0.4) is 0 Å². The van der Waals surface area contributed by atoms with Crippen molar-refractivity contribution in [2.24, 2.45) is 0 Å². The molecule has 6 heteroatoms. The van der Waals surface area contributed by atoms with Crippen LogP contribution in [0.1, 0.15) is 10.5 Å². The maximum atomic E-state index is 12.5. The standard InChI is InChI=1S/C12H8F3NO2/c13-12(14,15)11(18)16-9(5-6-17)7-8-3-1-2-4-10(8)16/h1-4,6-7H,5H2. The van der Waals surface area contributed by atoms with Gasteiger partial charge in [-0.15, -0.1) is 0 Å². The van der Waals surface area contributed by atoms with E-state index >= 15 is 0 Å². The molecular weight excluding hydrogens is 247 g/mol. The Kier molecular flexibility index (Phi) is 2.94. The molecule has 0 aliphatic rings. The fraction of sp³-hybridized carbons (Fsp3) is 0.167. The second kappa shape index (κ2) is 4.29. The van der Waals surface area contributed by atoms with Crippen LogP contribution >= 0.6 is 0 Å². The van der Waals surface area contributed by atoms with Crippen LogP contribution in [0.2, 0.25) is 0 Å². The summed E-state index contributed by atoms with van der Waals surface area (Å²) in [5, 5.41) is 0.493. The zero-order valence-electron chi connectivity index (χ0n) is 9.07. The van der Waals surface area contributed by atoms with Gasteiger partial charge in [0.05, 0.1) is 5.52 Å². The fourth-order valence-corrected chi connectivity index (χ4v) is 1.81. The number of hydrogen-bond acceptors (Lipinski definition) is 2. The third-order valence-corrected chi connectivity index (χ3v) is 2.53. The molecular formula is C12H8F3NO2. The summed E-state index contributed by atoms with van der Waals surface area (Å²) in [5.74, 6) is -1.99. The minimum Gasteiger partial charge on any atom is -0.303 e. The van der Waals surface area contributed by atoms with Crippen LogP contribution in [0, 0.1) is 0 Å². The molecule has 2 aromatic rings. The van der Waals surface area contributed by atoms with E-state index in [0.717, 1.165) is 0 Å². The van der Waals surface area contributed by atoms with Gasteiger partial charge in [0, 0.05) is 17.5 Å². The number of hydrogen-bond donors (Lipinski definition) is 0. The molecule has 0 unspecified atom stereocenters. The summed E-state index contributed by atoms with van der Waals surface area (Å²) >= 11 is 0. The van der Waals surface area contributed by atoms with E-state index in [1.807, 2.05) is 0 Å². The van der Waals surface area contributed by atoms with Gasteiger partial charge < -0.3 is 4.79 Å². The monoisotopic (exact) mass is 255 g/mol. The van der Waals surface area contributed by atoms with Crippen molar-refractivity contribution < 1.29 is 22.8 Å². The first-order valence-electron chi connectivity index (χ1n) is 5.09. The second-order valence-corrected chi connectivity index (χ2v) is 3.70. The lowest BCUT2D eigenvalue weighted by atomic mass is 10.2. The third-order valence-electron chi connectivity index (χ3n) is 2.53. The highest BCUT2D eigenvalue weighted by Crippen LogP contribution is 2.25. The highest BCUT2D eigenvalue weighted by Gasteiger charge is 2.41. The molecule has 0 aliphatic carbocycles. The molecule has 0 atom stereocenters. The fourth-order valence-electron chi connectivity index (χ4n) is 1.81. The van der Waals surface area contributed by atoms with Crippen LogP contribution < -0.4 is 0 Å². The van der Waals surface area contributed by atoms with E-state index in [1.165, 1.54) is 18.2 Å². The topological polar surface area (TPSA) is 39.1 Å². The molecule has 0 saturated heterocycles. The number of fused-ring (bicyclic) bond motifs is 1. The number of para-hydroxylation sites is 1. The van der Waals surface area contributed by atoms with Gasteiger partial charge in [-0.2, -0.15) is 13.2 Å². The number of aldehydes is 1. The molecule has 0 fully saturated rings. The number of carbonyl (C=O) groups is 2. The van der Waals surface area contributed by atoms with Gasteiger partial charge in [-0.25, -0.2) is 0 Å². The van der Waals surface area contributed by atoms with Gasteiger partial charge in [0.15, 0.2) is 0 Å². The van der Waals surface area contributed by atoms with E-state index in [2.05, 4.69) is 0 Å². The zero-order chi connectivity index (χ0) is 13.3. The minimum absolute atomic E-state index is 0.0357. The molecule has 1 heterocycles. The Bertz CT molecular complexity index is 613. The first-order chi connectivity index (χ1) is 8.45. The number of carbonyl (C=O) groups excluding carboxylic acids is 2. The summed E-state index contributed by atoms with van der Waals surface area (Å²) < 4.78 is 38.1. The summed E-state index contributed by atoms with van der Waals surface area (Å²) in [6.45, 7) is 0. The van der Waals surface area contributed by atoms with Crippen LogP contribution in [-0.4, -0.2) is 22.9 Å². The Morgan fingerprint density at radius 2 is 1.94 bits per heavy atom. The smallest absolute Gasteiger partial charge is 0.303 e. The van der Waals surface area contributed by atoms with Crippen molar-refractivity contribution >= 4 is 23.1 Å². The number of halogens is 3. The van der Waals surface area contributed by atoms with Crippen molar-refractivity contribution in [2.75, 3.05) is 0 Å². The van der Waals surface area contributed by atoms with Crippen LogP contribution in [0.5, 0.6) is 0 Å². The molecule has 0 N–H and O–H groups in total. The van der Waals surface area contributed by atoms with Crippen LogP contribution in [0.15, 0.2) is 30.3 Å². The zero-order valence-corrected chi connectivity index (χ0v) is 9.07. The highest BCUT2D eigenvalue weighted by molar-refractivity contribution is 5.96. The molecule has 0 bridgehead atoms. The molecule has 2 rings (SSSR count). The van der Waals surface area contributed by atoms with Crippen molar-refractivity contribution in [3.05, 3.63) is 36.0 Å². The van der Waals surface area contributed by atoms with Gasteiger partial charge in [0.1, 0.15) is 6.29 Å². The molecule has 18 heavy (non-hydrogen) atoms. The molecule has 0 spiro atoms. The number of rotatable bonds is 2. The Balaban J connectivity index is 2.69. The van der Waals surface area contributed by atoms with Crippen LogP contribution in [-0.2, 0) is 11.2 Å². The predicted octanol–water partition coefficient (Wildman–Crippen LogP) is 2.59. The SMILES string of the molecule is O=CCc1cc2ccccc2n1C(=O)C(F)(F)F. The van der Waals surface area contributed by atoms with Gasteiger partial charge in [-0.3, -0.25) is 9.36 Å². The Morgan fingerprint density at radius 1 is 1.28 bits per heavy atom. The average Bonchev–Trinajstić information content (AvgIpc) is 2.65. The molecule has 0 saturated carbocycles. The third kappa shape index (κ3) is 2.01. The first kappa shape index (κ1) is 12.3. The lowest BCUT2D eigenvalue weighted by Gasteiger charge is -2.10. The molecule has 3 nitrogen and oxygen atoms in total. The predicted molar refractivity (Wildman–Crippen MR) is 58.4 cm³/mol. The molecule has 1 aromatic heterocycles. The maximum Gasteiger partial charge on any atom is 0.472 e. The highest BCUT2D eigenvalue weighted by atomic mass is 19.4. The van der Waals surface area contributed by atoms with E-state index in [0.29, 0.717) is 16.2 Å². The van der Waals surface area contributed by atoms with E-state index in [9.17, 15) is 22.8 Å². The van der Waals surface area contributed by atoms with Gasteiger partial charge in [-0.1, -0.05) is 18.2 Å². The Morgan fingerprint density at radius 3 is 2.56 bits per heavy atom. The van der Waals surface area contributed by atoms with Crippen molar-refractivity contribution in [1.82, 2.24) is 4.57 Å².